The summed E-state index contributed by atoms with van der Waals surface area (Å²) in [6.07, 6.45) is 8.77. The molecule has 0 N–H and O–H groups in total. The Bertz CT molecular complexity index is 3620. The molecule has 3 aliphatic carbocycles. The summed E-state index contributed by atoms with van der Waals surface area (Å²) < 4.78 is 0. The summed E-state index contributed by atoms with van der Waals surface area (Å²) in [6, 6.07) is 90.9. The van der Waals surface area contributed by atoms with Crippen LogP contribution in [0.25, 0.3) is 44.2 Å². The molecule has 0 fully saturated rings. The van der Waals surface area contributed by atoms with Crippen LogP contribution >= 0.6 is 0 Å². The van der Waals surface area contributed by atoms with Crippen molar-refractivity contribution in [1.82, 2.24) is 0 Å². The summed E-state index contributed by atoms with van der Waals surface area (Å²) in [5, 5.41) is 2.49. The van der Waals surface area contributed by atoms with Crippen LogP contribution in [-0.2, 0) is 10.8 Å². The standard InChI is InChI=1S/C67H46N2/c1-6-22-47(23-7-1)66(48-24-8-2-9-25-48)58-35-19-18-33-53(58)56-43-60-57(44-59(56)66)64-54-34-17-16-32-52(54)55(42-61(64)67(60,49-26-10-3-11-27-49)50-28-12-4-13-29-50)45-38-40-46(41-39-45)65-68-62-36-20-21-37-63(62)69(65)51-30-14-5-15-31-51/h1-44,62-63H. The van der Waals surface area contributed by atoms with Gasteiger partial charge in [0.25, 0.3) is 0 Å². The number of para-hydroxylation sites is 1. The number of rotatable bonds is 7. The van der Waals surface area contributed by atoms with Crippen molar-refractivity contribution in [3.63, 3.8) is 0 Å². The fourth-order valence-corrected chi connectivity index (χ4v) is 12.7. The van der Waals surface area contributed by atoms with E-state index in [4.69, 9.17) is 4.99 Å². The van der Waals surface area contributed by atoms with E-state index in [0.29, 0.717) is 0 Å². The molecule has 0 saturated heterocycles. The van der Waals surface area contributed by atoms with Crippen LogP contribution in [0.2, 0.25) is 0 Å². The Kier molecular flexibility index (Phi) is 8.88. The number of amidine groups is 1. The highest BCUT2D eigenvalue weighted by atomic mass is 15.3. The molecule has 1 heterocycles. The van der Waals surface area contributed by atoms with E-state index in [1.165, 1.54) is 88.7 Å². The molecule has 0 aromatic heterocycles. The van der Waals surface area contributed by atoms with Gasteiger partial charge < -0.3 is 4.90 Å². The maximum absolute atomic E-state index is 5.34. The lowest BCUT2D eigenvalue weighted by molar-refractivity contribution is 0.739. The Labute approximate surface area is 403 Å². The number of hydrogen-bond donors (Lipinski definition) is 0. The van der Waals surface area contributed by atoms with Crippen molar-refractivity contribution in [2.75, 3.05) is 4.90 Å². The average Bonchev–Trinajstić information content (AvgIpc) is 4.06. The third kappa shape index (κ3) is 5.64. The Balaban J connectivity index is 1.04. The molecule has 2 unspecified atom stereocenters. The minimum atomic E-state index is -0.632. The lowest BCUT2D eigenvalue weighted by atomic mass is 9.65. The first-order valence-corrected chi connectivity index (χ1v) is 24.2. The molecular formula is C67H46N2. The second kappa shape index (κ2) is 15.5. The SMILES string of the molecule is C1=CC2N=C(c3ccc(-c4cc5c(c6ccccc46)-c4cc6c(cc4C5(c4ccccc4)c4ccccc4)-c4ccccc4C6(c4ccccc4)c4ccccc4)cc3)N(c3ccccc3)C2C=C1. The Hall–Kier alpha value is -8.59. The van der Waals surface area contributed by atoms with E-state index in [1.807, 2.05) is 0 Å². The first kappa shape index (κ1) is 39.6. The topological polar surface area (TPSA) is 15.6 Å². The first-order chi connectivity index (χ1) is 34.2. The van der Waals surface area contributed by atoms with Gasteiger partial charge in [-0.3, -0.25) is 4.99 Å². The van der Waals surface area contributed by atoms with Crippen LogP contribution in [0.5, 0.6) is 0 Å². The molecule has 1 aliphatic heterocycles. The molecular weight excluding hydrogens is 833 g/mol. The van der Waals surface area contributed by atoms with Crippen LogP contribution in [0, 0.1) is 0 Å². The molecule has 10 aromatic carbocycles. The molecule has 0 saturated carbocycles. The Morgan fingerprint density at radius 2 is 0.812 bits per heavy atom. The van der Waals surface area contributed by atoms with Gasteiger partial charge >= 0.3 is 0 Å². The van der Waals surface area contributed by atoms with Gasteiger partial charge in [0.05, 0.1) is 22.9 Å². The van der Waals surface area contributed by atoms with Gasteiger partial charge in [-0.1, -0.05) is 237 Å². The Morgan fingerprint density at radius 1 is 0.348 bits per heavy atom. The van der Waals surface area contributed by atoms with E-state index in [0.717, 1.165) is 17.1 Å². The summed E-state index contributed by atoms with van der Waals surface area (Å²) in [6.45, 7) is 0. The molecule has 14 rings (SSSR count). The molecule has 69 heavy (non-hydrogen) atoms. The maximum atomic E-state index is 5.34. The number of allylic oxidation sites excluding steroid dienone is 2. The summed E-state index contributed by atoms with van der Waals surface area (Å²) >= 11 is 0. The monoisotopic (exact) mass is 878 g/mol. The van der Waals surface area contributed by atoms with Crippen LogP contribution in [-0.4, -0.2) is 17.9 Å². The van der Waals surface area contributed by atoms with Crippen LogP contribution in [0.15, 0.2) is 272 Å². The number of nitrogens with zero attached hydrogens (tertiary/aromatic N) is 2. The van der Waals surface area contributed by atoms with Crippen LogP contribution in [0.3, 0.4) is 0 Å². The van der Waals surface area contributed by atoms with Crippen molar-refractivity contribution in [2.45, 2.75) is 22.9 Å². The normalized spacial score (nSPS) is 17.4. The highest BCUT2D eigenvalue weighted by Crippen LogP contribution is 2.64. The molecule has 0 radical (unpaired) electrons. The van der Waals surface area contributed by atoms with Crippen LogP contribution in [0.1, 0.15) is 50.1 Å². The van der Waals surface area contributed by atoms with E-state index in [-0.39, 0.29) is 12.1 Å². The van der Waals surface area contributed by atoms with Crippen molar-refractivity contribution >= 4 is 22.3 Å². The van der Waals surface area contributed by atoms with Gasteiger partial charge in [-0.15, -0.1) is 0 Å². The smallest absolute Gasteiger partial charge is 0.136 e. The van der Waals surface area contributed by atoms with Crippen molar-refractivity contribution in [2.24, 2.45) is 4.99 Å². The van der Waals surface area contributed by atoms with Crippen LogP contribution < -0.4 is 4.90 Å². The highest BCUT2D eigenvalue weighted by Gasteiger charge is 2.52. The molecule has 324 valence electrons. The fraction of sp³-hybridized carbons (Fsp3) is 0.0597. The third-order valence-corrected chi connectivity index (χ3v) is 15.5. The van der Waals surface area contributed by atoms with Crippen molar-refractivity contribution < 1.29 is 0 Å². The van der Waals surface area contributed by atoms with Gasteiger partial charge in [0, 0.05) is 11.3 Å². The number of anilines is 1. The second-order valence-electron chi connectivity index (χ2n) is 18.8. The van der Waals surface area contributed by atoms with Gasteiger partial charge in [0.1, 0.15) is 5.84 Å². The minimum absolute atomic E-state index is 0.0664. The lowest BCUT2D eigenvalue weighted by Gasteiger charge is -2.35. The van der Waals surface area contributed by atoms with Crippen molar-refractivity contribution in [1.29, 1.82) is 0 Å². The number of benzene rings is 10. The molecule has 0 amide bonds. The fourth-order valence-electron chi connectivity index (χ4n) is 12.7. The van der Waals surface area contributed by atoms with E-state index in [2.05, 4.69) is 272 Å². The van der Waals surface area contributed by atoms with E-state index >= 15 is 0 Å². The zero-order valence-corrected chi connectivity index (χ0v) is 38.0. The second-order valence-corrected chi connectivity index (χ2v) is 18.8. The summed E-state index contributed by atoms with van der Waals surface area (Å²) in [7, 11) is 0. The molecule has 10 aromatic rings. The number of fused-ring (bicyclic) bond motifs is 9. The van der Waals surface area contributed by atoms with Gasteiger partial charge in [-0.25, -0.2) is 0 Å². The first-order valence-electron chi connectivity index (χ1n) is 24.2. The van der Waals surface area contributed by atoms with Gasteiger partial charge in [-0.2, -0.15) is 0 Å². The third-order valence-electron chi connectivity index (χ3n) is 15.5. The van der Waals surface area contributed by atoms with E-state index < -0.39 is 10.8 Å². The van der Waals surface area contributed by atoms with Gasteiger partial charge in [-0.05, 0) is 119 Å². The Morgan fingerprint density at radius 3 is 1.43 bits per heavy atom. The van der Waals surface area contributed by atoms with Gasteiger partial charge in [0.15, 0.2) is 0 Å². The molecule has 2 atom stereocenters. The average molecular weight is 879 g/mol. The summed E-state index contributed by atoms with van der Waals surface area (Å²) in [5.74, 6) is 0.997. The predicted molar refractivity (Wildman–Crippen MR) is 285 cm³/mol. The van der Waals surface area contributed by atoms with Gasteiger partial charge in [0.2, 0.25) is 0 Å². The van der Waals surface area contributed by atoms with E-state index in [1.54, 1.807) is 0 Å². The maximum Gasteiger partial charge on any atom is 0.136 e. The van der Waals surface area contributed by atoms with Crippen molar-refractivity contribution in [3.8, 4) is 33.4 Å². The zero-order chi connectivity index (χ0) is 45.5. The minimum Gasteiger partial charge on any atom is -0.317 e. The quantitative estimate of drug-likeness (QED) is 0.156. The number of hydrogen-bond acceptors (Lipinski definition) is 2. The molecule has 2 heteroatoms. The van der Waals surface area contributed by atoms with Crippen LogP contribution in [0.4, 0.5) is 5.69 Å². The highest BCUT2D eigenvalue weighted by molar-refractivity contribution is 6.14. The molecule has 0 bridgehead atoms. The van der Waals surface area contributed by atoms with Crippen molar-refractivity contribution in [3.05, 3.63) is 317 Å². The lowest BCUT2D eigenvalue weighted by Crippen LogP contribution is -2.39. The predicted octanol–water partition coefficient (Wildman–Crippen LogP) is 15.4. The zero-order valence-electron chi connectivity index (χ0n) is 38.0. The van der Waals surface area contributed by atoms with E-state index in [9.17, 15) is 0 Å². The molecule has 2 nitrogen and oxygen atoms in total. The summed E-state index contributed by atoms with van der Waals surface area (Å²) in [4.78, 5) is 7.74. The molecule has 0 spiro atoms. The summed E-state index contributed by atoms with van der Waals surface area (Å²) in [5.41, 5.74) is 18.9. The molecule has 4 aliphatic rings. The number of aliphatic imine (C=N–C) groups is 1. The largest absolute Gasteiger partial charge is 0.317 e.